The Morgan fingerprint density at radius 3 is 2.33 bits per heavy atom. The third-order valence-electron chi connectivity index (χ3n) is 4.70. The van der Waals surface area contributed by atoms with Crippen LogP contribution in [0, 0.1) is 0 Å². The molecule has 0 aliphatic carbocycles. The fourth-order valence-corrected chi connectivity index (χ4v) is 4.68. The van der Waals surface area contributed by atoms with E-state index in [9.17, 15) is 13.2 Å². The van der Waals surface area contributed by atoms with E-state index in [2.05, 4.69) is 10.3 Å². The van der Waals surface area contributed by atoms with E-state index in [1.807, 2.05) is 6.07 Å². The molecule has 0 saturated carbocycles. The van der Waals surface area contributed by atoms with Crippen LogP contribution < -0.4 is 5.32 Å². The van der Waals surface area contributed by atoms with E-state index in [0.717, 1.165) is 31.2 Å². The van der Waals surface area contributed by atoms with Crippen molar-refractivity contribution in [2.75, 3.05) is 18.4 Å². The van der Waals surface area contributed by atoms with E-state index < -0.39 is 10.0 Å². The molecule has 0 spiro atoms. The van der Waals surface area contributed by atoms with Crippen molar-refractivity contribution in [3.05, 3.63) is 54.2 Å². The van der Waals surface area contributed by atoms with Crippen LogP contribution in [0.15, 0.2) is 53.6 Å². The molecule has 144 valence electrons. The van der Waals surface area contributed by atoms with Gasteiger partial charge in [-0.05, 0) is 49.1 Å². The predicted octanol–water partition coefficient (Wildman–Crippen LogP) is 3.22. The van der Waals surface area contributed by atoms with Crippen molar-refractivity contribution in [3.63, 3.8) is 0 Å². The second-order valence-corrected chi connectivity index (χ2v) is 8.66. The van der Waals surface area contributed by atoms with Crippen LogP contribution in [0.5, 0.6) is 0 Å². The lowest BCUT2D eigenvalue weighted by atomic mass is 10.1. The average molecular weight is 388 g/mol. The van der Waals surface area contributed by atoms with Gasteiger partial charge in [-0.15, -0.1) is 0 Å². The normalized spacial score (nSPS) is 15.9. The molecule has 27 heavy (non-hydrogen) atoms. The molecule has 6 nitrogen and oxygen atoms in total. The van der Waals surface area contributed by atoms with Crippen molar-refractivity contribution >= 4 is 21.7 Å². The first-order valence-corrected chi connectivity index (χ1v) is 10.8. The van der Waals surface area contributed by atoms with E-state index in [1.165, 1.54) is 0 Å². The van der Waals surface area contributed by atoms with Crippen LogP contribution in [0.25, 0.3) is 0 Å². The summed E-state index contributed by atoms with van der Waals surface area (Å²) < 4.78 is 27.1. The van der Waals surface area contributed by atoms with Crippen molar-refractivity contribution in [3.8, 4) is 0 Å². The monoisotopic (exact) mass is 387 g/mol. The summed E-state index contributed by atoms with van der Waals surface area (Å²) in [5.74, 6) is 0.413. The molecule has 1 amide bonds. The number of carbonyl (C=O) groups is 1. The highest BCUT2D eigenvalue weighted by Crippen LogP contribution is 2.21. The number of rotatable bonds is 6. The zero-order valence-electron chi connectivity index (χ0n) is 15.3. The van der Waals surface area contributed by atoms with Crippen LogP contribution in [0.3, 0.4) is 0 Å². The first-order valence-electron chi connectivity index (χ1n) is 9.36. The zero-order valence-corrected chi connectivity index (χ0v) is 16.1. The lowest BCUT2D eigenvalue weighted by Gasteiger charge is -2.20. The zero-order chi connectivity index (χ0) is 19.1. The number of amides is 1. The van der Waals surface area contributed by atoms with Crippen molar-refractivity contribution < 1.29 is 13.2 Å². The summed E-state index contributed by atoms with van der Waals surface area (Å²) in [5.41, 5.74) is 0.931. The Morgan fingerprint density at radius 2 is 1.70 bits per heavy atom. The summed E-state index contributed by atoms with van der Waals surface area (Å²) in [6, 6.07) is 12.2. The molecule has 0 radical (unpaired) electrons. The minimum atomic E-state index is -3.43. The van der Waals surface area contributed by atoms with Crippen molar-refractivity contribution in [2.45, 2.75) is 43.4 Å². The van der Waals surface area contributed by atoms with Crippen molar-refractivity contribution in [2.24, 2.45) is 0 Å². The number of nitrogens with zero attached hydrogens (tertiary/aromatic N) is 2. The van der Waals surface area contributed by atoms with E-state index >= 15 is 0 Å². The minimum absolute atomic E-state index is 0.116. The number of anilines is 1. The van der Waals surface area contributed by atoms with E-state index in [-0.39, 0.29) is 5.91 Å². The average Bonchev–Trinajstić information content (AvgIpc) is 2.98. The SMILES string of the molecule is O=C(CCc1ccc(S(=O)(=O)N2CCCCCC2)cc1)Nc1ccccn1. The largest absolute Gasteiger partial charge is 0.311 e. The molecule has 0 atom stereocenters. The Balaban J connectivity index is 1.57. The Morgan fingerprint density at radius 1 is 1.00 bits per heavy atom. The molecular weight excluding hydrogens is 362 g/mol. The Hall–Kier alpha value is -2.25. The maximum Gasteiger partial charge on any atom is 0.243 e. The van der Waals surface area contributed by atoms with Gasteiger partial charge in [-0.2, -0.15) is 4.31 Å². The van der Waals surface area contributed by atoms with Crippen molar-refractivity contribution in [1.82, 2.24) is 9.29 Å². The van der Waals surface area contributed by atoms with Gasteiger partial charge in [0.1, 0.15) is 5.82 Å². The molecule has 1 aromatic heterocycles. The van der Waals surface area contributed by atoms with Gasteiger partial charge in [-0.25, -0.2) is 13.4 Å². The fourth-order valence-electron chi connectivity index (χ4n) is 3.16. The highest BCUT2D eigenvalue weighted by Gasteiger charge is 2.24. The maximum atomic E-state index is 12.8. The second-order valence-electron chi connectivity index (χ2n) is 6.73. The molecular formula is C20H25N3O3S. The van der Waals surface area contributed by atoms with Gasteiger partial charge in [-0.3, -0.25) is 4.79 Å². The van der Waals surface area contributed by atoms with E-state index in [0.29, 0.717) is 36.6 Å². The van der Waals surface area contributed by atoms with Crippen LogP contribution in [0.4, 0.5) is 5.82 Å². The number of hydrogen-bond donors (Lipinski definition) is 1. The molecule has 0 unspecified atom stereocenters. The first-order chi connectivity index (χ1) is 13.1. The van der Waals surface area contributed by atoms with Gasteiger partial charge in [0.15, 0.2) is 0 Å². The molecule has 1 saturated heterocycles. The molecule has 1 fully saturated rings. The number of benzene rings is 1. The summed E-state index contributed by atoms with van der Waals surface area (Å²) >= 11 is 0. The molecule has 7 heteroatoms. The number of pyridine rings is 1. The van der Waals surface area contributed by atoms with Gasteiger partial charge in [0.2, 0.25) is 15.9 Å². The number of aryl methyl sites for hydroxylation is 1. The van der Waals surface area contributed by atoms with Gasteiger partial charge < -0.3 is 5.32 Å². The first kappa shape index (κ1) is 19.5. The number of hydrogen-bond acceptors (Lipinski definition) is 4. The Bertz CT molecular complexity index is 844. The number of carbonyl (C=O) groups excluding carboxylic acids is 1. The summed E-state index contributed by atoms with van der Waals surface area (Å²) in [6.45, 7) is 1.19. The van der Waals surface area contributed by atoms with Crippen molar-refractivity contribution in [1.29, 1.82) is 0 Å². The highest BCUT2D eigenvalue weighted by molar-refractivity contribution is 7.89. The number of sulfonamides is 1. The summed E-state index contributed by atoms with van der Waals surface area (Å²) in [5, 5.41) is 2.74. The molecule has 1 aliphatic rings. The third-order valence-corrected chi connectivity index (χ3v) is 6.61. The second kappa shape index (κ2) is 9.10. The van der Waals surface area contributed by atoms with Gasteiger partial charge in [0, 0.05) is 25.7 Å². The summed E-state index contributed by atoms with van der Waals surface area (Å²) in [7, 11) is -3.43. The smallest absolute Gasteiger partial charge is 0.243 e. The van der Waals surface area contributed by atoms with Gasteiger partial charge in [0.05, 0.1) is 4.90 Å². The van der Waals surface area contributed by atoms with Crippen LogP contribution >= 0.6 is 0 Å². The molecule has 1 aromatic carbocycles. The Kier molecular flexibility index (Phi) is 6.58. The molecule has 2 aromatic rings. The van der Waals surface area contributed by atoms with Gasteiger partial charge in [0.25, 0.3) is 0 Å². The molecule has 1 aliphatic heterocycles. The number of nitrogens with one attached hydrogen (secondary N) is 1. The topological polar surface area (TPSA) is 79.4 Å². The molecule has 1 N–H and O–H groups in total. The van der Waals surface area contributed by atoms with Crippen LogP contribution in [0.1, 0.15) is 37.7 Å². The predicted molar refractivity (Wildman–Crippen MR) is 105 cm³/mol. The Labute approximate surface area is 160 Å². The fraction of sp³-hybridized carbons (Fsp3) is 0.400. The van der Waals surface area contributed by atoms with Crippen LogP contribution in [-0.4, -0.2) is 36.7 Å². The molecule has 0 bridgehead atoms. The van der Waals surface area contributed by atoms with Crippen LogP contribution in [0.2, 0.25) is 0 Å². The van der Waals surface area contributed by atoms with Crippen LogP contribution in [-0.2, 0) is 21.2 Å². The maximum absolute atomic E-state index is 12.8. The minimum Gasteiger partial charge on any atom is -0.311 e. The highest BCUT2D eigenvalue weighted by atomic mass is 32.2. The molecule has 2 heterocycles. The van der Waals surface area contributed by atoms with Gasteiger partial charge >= 0.3 is 0 Å². The third kappa shape index (κ3) is 5.37. The van der Waals surface area contributed by atoms with E-state index in [1.54, 1.807) is 46.9 Å². The summed E-state index contributed by atoms with van der Waals surface area (Å²) in [4.78, 5) is 16.4. The van der Waals surface area contributed by atoms with E-state index in [4.69, 9.17) is 0 Å². The standard InChI is InChI=1S/C20H25N3O3S/c24-20(22-19-7-3-4-14-21-19)13-10-17-8-11-18(12-9-17)27(25,26)23-15-5-1-2-6-16-23/h3-4,7-9,11-12,14H,1-2,5-6,10,13,15-16H2,(H,21,22,24). The van der Waals surface area contributed by atoms with Gasteiger partial charge in [-0.1, -0.05) is 31.0 Å². The molecule has 3 rings (SSSR count). The number of aromatic nitrogens is 1. The lowest BCUT2D eigenvalue weighted by molar-refractivity contribution is -0.116. The summed E-state index contributed by atoms with van der Waals surface area (Å²) in [6.07, 6.45) is 6.50. The quantitative estimate of drug-likeness (QED) is 0.825. The lowest BCUT2D eigenvalue weighted by Crippen LogP contribution is -2.31.